The van der Waals surface area contributed by atoms with Crippen LogP contribution in [0.15, 0.2) is 152 Å². The summed E-state index contributed by atoms with van der Waals surface area (Å²) in [7, 11) is 0. The highest BCUT2D eigenvalue weighted by Crippen LogP contribution is 2.37. The molecule has 46 heavy (non-hydrogen) atoms. The molecule has 0 amide bonds. The molecule has 0 fully saturated rings. The van der Waals surface area contributed by atoms with Gasteiger partial charge in [-0.2, -0.15) is 0 Å². The zero-order valence-corrected chi connectivity index (χ0v) is 25.4. The van der Waals surface area contributed by atoms with Crippen LogP contribution in [0.2, 0.25) is 0 Å². The molecule has 0 saturated heterocycles. The summed E-state index contributed by atoms with van der Waals surface area (Å²) < 4.78 is 0. The summed E-state index contributed by atoms with van der Waals surface area (Å²) in [6.07, 6.45) is 6.90. The van der Waals surface area contributed by atoms with Gasteiger partial charge in [-0.3, -0.25) is 0 Å². The maximum atomic E-state index is 2.38. The highest BCUT2D eigenvalue weighted by Gasteiger charge is 2.12. The van der Waals surface area contributed by atoms with E-state index in [0.717, 1.165) is 12.8 Å². The molecule has 0 atom stereocenters. The molecule has 0 radical (unpaired) electrons. The van der Waals surface area contributed by atoms with Crippen LogP contribution in [-0.2, 0) is 6.42 Å². The van der Waals surface area contributed by atoms with E-state index in [2.05, 4.69) is 158 Å². The van der Waals surface area contributed by atoms with Crippen LogP contribution < -0.4 is 0 Å². The summed E-state index contributed by atoms with van der Waals surface area (Å²) in [5.74, 6) is 0. The van der Waals surface area contributed by atoms with Gasteiger partial charge < -0.3 is 0 Å². The number of allylic oxidation sites excluding steroid dienone is 1. The van der Waals surface area contributed by atoms with E-state index >= 15 is 0 Å². The molecule has 9 aromatic carbocycles. The van der Waals surface area contributed by atoms with Crippen LogP contribution in [0.1, 0.15) is 17.5 Å². The van der Waals surface area contributed by atoms with E-state index in [1.54, 1.807) is 0 Å². The van der Waals surface area contributed by atoms with E-state index in [0.29, 0.717) is 0 Å². The molecule has 0 heteroatoms. The van der Waals surface area contributed by atoms with Gasteiger partial charge in [0, 0.05) is 0 Å². The first-order valence-electron chi connectivity index (χ1n) is 16.3. The third-order valence-electron chi connectivity index (χ3n) is 10.3. The Morgan fingerprint density at radius 3 is 1.48 bits per heavy atom. The zero-order chi connectivity index (χ0) is 30.2. The first-order valence-corrected chi connectivity index (χ1v) is 16.3. The second-order valence-corrected chi connectivity index (χ2v) is 12.8. The summed E-state index contributed by atoms with van der Waals surface area (Å²) in [4.78, 5) is 0. The fourth-order valence-corrected chi connectivity index (χ4v) is 7.84. The standard InChI is InChI=1S/C46H30/c1-3-7-39-29(5-1)17-23-43-41(39)21-19-31-9-11-37(27-45(31)43)35-15-13-34-26-36(16-14-33(34)25-35)38-12-10-32-20-22-42-40-8-4-2-6-30(40)18-24-44(42)46(32)28-38/h1,3-5,7-28H,2,6H2. The molecule has 1 aliphatic rings. The Kier molecular flexibility index (Phi) is 5.50. The molecule has 10 rings (SSSR count). The minimum absolute atomic E-state index is 1.13. The van der Waals surface area contributed by atoms with E-state index in [1.165, 1.54) is 98.0 Å². The number of benzene rings is 9. The molecule has 0 nitrogen and oxygen atoms in total. The molecule has 0 saturated carbocycles. The normalized spacial score (nSPS) is 13.0. The van der Waals surface area contributed by atoms with Gasteiger partial charge in [-0.1, -0.05) is 133 Å². The van der Waals surface area contributed by atoms with Gasteiger partial charge in [-0.25, -0.2) is 0 Å². The highest BCUT2D eigenvalue weighted by molar-refractivity contribution is 6.18. The topological polar surface area (TPSA) is 0 Å². The molecule has 0 bridgehead atoms. The van der Waals surface area contributed by atoms with E-state index in [9.17, 15) is 0 Å². The monoisotopic (exact) mass is 582 g/mol. The lowest BCUT2D eigenvalue weighted by Gasteiger charge is -2.15. The van der Waals surface area contributed by atoms with Crippen LogP contribution in [0.4, 0.5) is 0 Å². The van der Waals surface area contributed by atoms with Crippen molar-refractivity contribution in [2.75, 3.05) is 0 Å². The summed E-state index contributed by atoms with van der Waals surface area (Å²) in [6.45, 7) is 0. The molecule has 0 N–H and O–H groups in total. The first-order chi connectivity index (χ1) is 22.8. The predicted molar refractivity (Wildman–Crippen MR) is 200 cm³/mol. The van der Waals surface area contributed by atoms with Crippen LogP contribution in [0.5, 0.6) is 0 Å². The summed E-state index contributed by atoms with van der Waals surface area (Å²) in [5.41, 5.74) is 7.86. The Hall–Kier alpha value is -5.72. The Morgan fingerprint density at radius 2 is 0.804 bits per heavy atom. The average Bonchev–Trinajstić information content (AvgIpc) is 3.13. The van der Waals surface area contributed by atoms with E-state index in [1.807, 2.05) is 0 Å². The second-order valence-electron chi connectivity index (χ2n) is 12.8. The van der Waals surface area contributed by atoms with Crippen molar-refractivity contribution in [1.82, 2.24) is 0 Å². The van der Waals surface area contributed by atoms with E-state index in [-0.39, 0.29) is 0 Å². The molecule has 0 heterocycles. The summed E-state index contributed by atoms with van der Waals surface area (Å²) in [6, 6.07) is 54.6. The Morgan fingerprint density at radius 1 is 0.326 bits per heavy atom. The quantitative estimate of drug-likeness (QED) is 0.178. The van der Waals surface area contributed by atoms with Gasteiger partial charge in [0.2, 0.25) is 0 Å². The van der Waals surface area contributed by atoms with Crippen LogP contribution in [0.25, 0.3) is 93.0 Å². The van der Waals surface area contributed by atoms with Crippen molar-refractivity contribution in [1.29, 1.82) is 0 Å². The highest BCUT2D eigenvalue weighted by atomic mass is 14.2. The minimum Gasteiger partial charge on any atom is -0.0836 e. The Labute approximate surface area is 267 Å². The first kappa shape index (κ1) is 25.6. The lowest BCUT2D eigenvalue weighted by atomic mass is 9.89. The van der Waals surface area contributed by atoms with Crippen molar-refractivity contribution < 1.29 is 0 Å². The van der Waals surface area contributed by atoms with Crippen molar-refractivity contribution in [3.63, 3.8) is 0 Å². The van der Waals surface area contributed by atoms with Gasteiger partial charge >= 0.3 is 0 Å². The van der Waals surface area contributed by atoms with Gasteiger partial charge in [0.25, 0.3) is 0 Å². The molecule has 0 aromatic heterocycles. The maximum absolute atomic E-state index is 2.38. The Balaban J connectivity index is 1.05. The average molecular weight is 583 g/mol. The van der Waals surface area contributed by atoms with Crippen molar-refractivity contribution in [3.05, 3.63) is 163 Å². The van der Waals surface area contributed by atoms with Crippen molar-refractivity contribution in [3.8, 4) is 22.3 Å². The molecule has 0 aliphatic heterocycles. The smallest absolute Gasteiger partial charge is 0.00987 e. The van der Waals surface area contributed by atoms with Crippen LogP contribution in [0.3, 0.4) is 0 Å². The van der Waals surface area contributed by atoms with Crippen molar-refractivity contribution in [2.24, 2.45) is 0 Å². The SMILES string of the molecule is C1=Cc2c(ccc3c2ccc2ccc(-c4ccc5cc(-c6ccc7ccc8c9ccccc9ccc8c7c6)ccc5c4)cc23)CC1. The molecule has 9 aromatic rings. The number of aryl methyl sites for hydroxylation is 1. The lowest BCUT2D eigenvalue weighted by Crippen LogP contribution is -1.95. The summed E-state index contributed by atoms with van der Waals surface area (Å²) in [5, 5.41) is 15.6. The van der Waals surface area contributed by atoms with Gasteiger partial charge in [0.15, 0.2) is 0 Å². The van der Waals surface area contributed by atoms with Gasteiger partial charge in [0.1, 0.15) is 0 Å². The molecule has 0 unspecified atom stereocenters. The Bertz CT molecular complexity index is 2740. The summed E-state index contributed by atoms with van der Waals surface area (Å²) >= 11 is 0. The molecule has 0 spiro atoms. The number of fused-ring (bicyclic) bond motifs is 11. The fraction of sp³-hybridized carbons (Fsp3) is 0.0435. The third kappa shape index (κ3) is 3.93. The van der Waals surface area contributed by atoms with Crippen LogP contribution >= 0.6 is 0 Å². The number of rotatable bonds is 2. The van der Waals surface area contributed by atoms with Crippen molar-refractivity contribution >= 4 is 70.7 Å². The lowest BCUT2D eigenvalue weighted by molar-refractivity contribution is 0.990. The zero-order valence-electron chi connectivity index (χ0n) is 25.4. The predicted octanol–water partition coefficient (Wildman–Crippen LogP) is 12.9. The number of hydrogen-bond acceptors (Lipinski definition) is 0. The molecular weight excluding hydrogens is 553 g/mol. The van der Waals surface area contributed by atoms with Crippen LogP contribution in [0, 0.1) is 0 Å². The van der Waals surface area contributed by atoms with Gasteiger partial charge in [0.05, 0.1) is 0 Å². The number of hydrogen-bond donors (Lipinski definition) is 0. The molecular formula is C46H30. The van der Waals surface area contributed by atoms with Gasteiger partial charge in [-0.05, 0) is 135 Å². The van der Waals surface area contributed by atoms with E-state index in [4.69, 9.17) is 0 Å². The molecule has 1 aliphatic carbocycles. The molecule has 214 valence electrons. The third-order valence-corrected chi connectivity index (χ3v) is 10.3. The minimum atomic E-state index is 1.13. The van der Waals surface area contributed by atoms with Gasteiger partial charge in [-0.15, -0.1) is 0 Å². The van der Waals surface area contributed by atoms with E-state index < -0.39 is 0 Å². The fourth-order valence-electron chi connectivity index (χ4n) is 7.84. The maximum Gasteiger partial charge on any atom is -0.00987 e. The largest absolute Gasteiger partial charge is 0.0836 e. The van der Waals surface area contributed by atoms with Crippen LogP contribution in [-0.4, -0.2) is 0 Å². The van der Waals surface area contributed by atoms with Crippen molar-refractivity contribution in [2.45, 2.75) is 12.8 Å². The second kappa shape index (κ2) is 9.89.